The van der Waals surface area contributed by atoms with E-state index in [1.807, 2.05) is 4.90 Å². The molecule has 5 rings (SSSR count). The molecule has 196 valence electrons. The molecule has 2 fully saturated rings. The lowest BCUT2D eigenvalue weighted by Crippen LogP contribution is -2.67. The Hall–Kier alpha value is -2.85. The van der Waals surface area contributed by atoms with E-state index in [1.165, 1.54) is 30.1 Å². The van der Waals surface area contributed by atoms with Crippen LogP contribution in [0.3, 0.4) is 0 Å². The maximum atomic E-state index is 14.6. The van der Waals surface area contributed by atoms with E-state index >= 15 is 0 Å². The molecule has 2 aromatic rings. The van der Waals surface area contributed by atoms with Gasteiger partial charge in [-0.15, -0.1) is 0 Å². The largest absolute Gasteiger partial charge is 0.400 e. The summed E-state index contributed by atoms with van der Waals surface area (Å²) in [6, 6.07) is 5.00. The zero-order valence-corrected chi connectivity index (χ0v) is 21.9. The quantitative estimate of drug-likeness (QED) is 0.586. The predicted octanol–water partition coefficient (Wildman–Crippen LogP) is 3.89. The first-order valence-electron chi connectivity index (χ1n) is 11.8. The molecule has 1 amide bonds. The average Bonchev–Trinajstić information content (AvgIpc) is 2.79. The van der Waals surface area contributed by atoms with Crippen molar-refractivity contribution in [2.75, 3.05) is 43.1 Å². The minimum absolute atomic E-state index is 0.00909. The Bertz CT molecular complexity index is 1360. The molecule has 3 aliphatic heterocycles. The van der Waals surface area contributed by atoms with E-state index < -0.39 is 40.2 Å². The fourth-order valence-corrected chi connectivity index (χ4v) is 7.48. The highest BCUT2D eigenvalue weighted by Crippen LogP contribution is 2.45. The third-order valence-corrected chi connectivity index (χ3v) is 9.62. The highest BCUT2D eigenvalue weighted by atomic mass is 35.5. The summed E-state index contributed by atoms with van der Waals surface area (Å²) in [5, 5.41) is 0.160. The van der Waals surface area contributed by atoms with Gasteiger partial charge in [-0.3, -0.25) is 14.0 Å². The van der Waals surface area contributed by atoms with Gasteiger partial charge in [-0.25, -0.2) is 13.2 Å². The lowest BCUT2D eigenvalue weighted by Gasteiger charge is -2.56. The molecule has 6 nitrogen and oxygen atoms in total. The normalized spacial score (nSPS) is 21.8. The molecule has 0 bridgehead atoms. The molecule has 3 aliphatic rings. The molecule has 11 heteroatoms. The van der Waals surface area contributed by atoms with Crippen LogP contribution >= 0.6 is 11.6 Å². The molecule has 1 atom stereocenters. The summed E-state index contributed by atoms with van der Waals surface area (Å²) in [5.74, 6) is -1.24. The summed E-state index contributed by atoms with van der Waals surface area (Å²) in [7, 11) is 0.718. The molecule has 0 radical (unpaired) electrons. The number of hydrogen-bond acceptors (Lipinski definition) is 5. The Kier molecular flexibility index (Phi) is 6.60. The summed E-state index contributed by atoms with van der Waals surface area (Å²) < 4.78 is 53.9. The monoisotopic (exact) mass is 550 g/mol. The zero-order chi connectivity index (χ0) is 26.6. The second-order valence-corrected chi connectivity index (χ2v) is 11.8. The number of aliphatic imine (C=N–C) groups is 1. The van der Waals surface area contributed by atoms with Crippen LogP contribution in [0.5, 0.6) is 0 Å². The average molecular weight is 551 g/mol. The van der Waals surface area contributed by atoms with E-state index in [0.717, 1.165) is 12.1 Å². The van der Waals surface area contributed by atoms with Crippen molar-refractivity contribution in [3.63, 3.8) is 0 Å². The van der Waals surface area contributed by atoms with Crippen molar-refractivity contribution in [1.29, 1.82) is 0 Å². The van der Waals surface area contributed by atoms with Crippen molar-refractivity contribution in [3.8, 4) is 0 Å². The molecule has 1 spiro atoms. The van der Waals surface area contributed by atoms with Crippen molar-refractivity contribution < 1.29 is 22.2 Å². The number of carbonyl (C=O) groups is 1. The van der Waals surface area contributed by atoms with E-state index in [4.69, 9.17) is 17.3 Å². The van der Waals surface area contributed by atoms with Crippen LogP contribution in [-0.2, 0) is 10.8 Å². The number of benzene rings is 2. The highest BCUT2D eigenvalue weighted by molar-refractivity contribution is 7.86. The maximum Gasteiger partial charge on any atom is 0.256 e. The van der Waals surface area contributed by atoms with Gasteiger partial charge in [0.05, 0.1) is 28.0 Å². The minimum atomic E-state index is -0.792. The fourth-order valence-electron chi connectivity index (χ4n) is 5.52. The first-order chi connectivity index (χ1) is 17.5. The molecule has 2 aromatic carbocycles. The molecule has 3 heterocycles. The number of rotatable bonds is 4. The fraction of sp³-hybridized carbons (Fsp3) is 0.385. The smallest absolute Gasteiger partial charge is 0.256 e. The van der Waals surface area contributed by atoms with E-state index in [-0.39, 0.29) is 34.5 Å². The molecule has 2 saturated heterocycles. The molecule has 0 aromatic heterocycles. The van der Waals surface area contributed by atoms with Crippen LogP contribution in [0.4, 0.5) is 18.9 Å². The van der Waals surface area contributed by atoms with Crippen LogP contribution in [0.1, 0.15) is 29.3 Å². The Labute approximate surface area is 220 Å². The van der Waals surface area contributed by atoms with E-state index in [1.54, 1.807) is 6.92 Å². The van der Waals surface area contributed by atoms with Gasteiger partial charge < -0.3 is 15.5 Å². The lowest BCUT2D eigenvalue weighted by molar-refractivity contribution is 0.0706. The Balaban J connectivity index is 1.40. The van der Waals surface area contributed by atoms with Crippen molar-refractivity contribution in [2.24, 2.45) is 16.1 Å². The highest BCUT2D eigenvalue weighted by Gasteiger charge is 2.52. The summed E-state index contributed by atoms with van der Waals surface area (Å²) >= 11 is 6.63. The second-order valence-electron chi connectivity index (χ2n) is 9.96. The van der Waals surface area contributed by atoms with Crippen molar-refractivity contribution >= 4 is 39.7 Å². The number of amides is 1. The Morgan fingerprint density at radius 3 is 2.32 bits per heavy atom. The van der Waals surface area contributed by atoms with Gasteiger partial charge in [0.1, 0.15) is 17.5 Å². The lowest BCUT2D eigenvalue weighted by atomic mass is 9.82. The topological polar surface area (TPSA) is 79.0 Å². The van der Waals surface area contributed by atoms with Gasteiger partial charge in [-0.05, 0) is 37.6 Å². The van der Waals surface area contributed by atoms with Crippen LogP contribution in [0.2, 0.25) is 5.02 Å². The summed E-state index contributed by atoms with van der Waals surface area (Å²) in [6.45, 7) is 3.20. The number of hydrogen-bond donors (Lipinski definition) is 1. The van der Waals surface area contributed by atoms with Gasteiger partial charge in [0.15, 0.2) is 0 Å². The third-order valence-electron chi connectivity index (χ3n) is 7.35. The van der Waals surface area contributed by atoms with Gasteiger partial charge in [0.2, 0.25) is 0 Å². The number of nitrogens with zero attached hydrogens (tertiary/aromatic N) is 3. The molecule has 2 N–H and O–H groups in total. The molecule has 1 unspecified atom stereocenters. The SMILES string of the molecule is CN=C(C1=C(N)C(C)N(C(=O)c2cc(F)cc(N3CC4(C3)CS(=O)C4)c2Cl)CC1)c1cc(F)cc(F)c1. The van der Waals surface area contributed by atoms with Gasteiger partial charge in [0, 0.05) is 77.3 Å². The minimum Gasteiger partial charge on any atom is -0.400 e. The summed E-state index contributed by atoms with van der Waals surface area (Å²) in [4.78, 5) is 21.2. The van der Waals surface area contributed by atoms with Crippen LogP contribution in [-0.4, -0.2) is 65.0 Å². The Morgan fingerprint density at radius 2 is 1.73 bits per heavy atom. The first kappa shape index (κ1) is 25.8. The van der Waals surface area contributed by atoms with Crippen molar-refractivity contribution in [3.05, 3.63) is 75.2 Å². The number of anilines is 1. The standard InChI is InChI=1S/C26H26ClF3N4O2S/c1-14-23(31)19(24(32-2)15-5-16(28)7-17(29)6-15)3-4-34(14)25(35)20-8-18(30)9-21(22(20)27)33-10-26(11-33)12-37(36)13-26/h5-9,14H,3-4,10-13,31H2,1-2H3. The molecule has 0 saturated carbocycles. The van der Waals surface area contributed by atoms with E-state index in [9.17, 15) is 22.2 Å². The summed E-state index contributed by atoms with van der Waals surface area (Å²) in [6.07, 6.45) is 0.290. The first-order valence-corrected chi connectivity index (χ1v) is 13.7. The van der Waals surface area contributed by atoms with E-state index in [2.05, 4.69) is 4.99 Å². The maximum absolute atomic E-state index is 14.6. The number of halogens is 4. The van der Waals surface area contributed by atoms with Crippen LogP contribution in [0.15, 0.2) is 46.6 Å². The van der Waals surface area contributed by atoms with Gasteiger partial charge in [-0.1, -0.05) is 11.6 Å². The predicted molar refractivity (Wildman–Crippen MR) is 139 cm³/mol. The van der Waals surface area contributed by atoms with Crippen molar-refractivity contribution in [1.82, 2.24) is 4.90 Å². The van der Waals surface area contributed by atoms with Crippen LogP contribution in [0.25, 0.3) is 0 Å². The molecular weight excluding hydrogens is 525 g/mol. The van der Waals surface area contributed by atoms with Crippen molar-refractivity contribution in [2.45, 2.75) is 19.4 Å². The molecule has 0 aliphatic carbocycles. The zero-order valence-electron chi connectivity index (χ0n) is 20.4. The summed E-state index contributed by atoms with van der Waals surface area (Å²) in [5.41, 5.74) is 8.44. The van der Waals surface area contributed by atoms with Gasteiger partial charge >= 0.3 is 0 Å². The second kappa shape index (κ2) is 9.47. The Morgan fingerprint density at radius 1 is 1.11 bits per heavy atom. The molecular formula is C26H26ClF3N4O2S. The van der Waals surface area contributed by atoms with Gasteiger partial charge in [-0.2, -0.15) is 0 Å². The third kappa shape index (κ3) is 4.54. The molecule has 37 heavy (non-hydrogen) atoms. The van der Waals surface area contributed by atoms with Gasteiger partial charge in [0.25, 0.3) is 5.91 Å². The van der Waals surface area contributed by atoms with Crippen LogP contribution in [0, 0.1) is 22.9 Å². The van der Waals surface area contributed by atoms with E-state index in [0.29, 0.717) is 47.3 Å². The van der Waals surface area contributed by atoms with Crippen LogP contribution < -0.4 is 10.6 Å². The number of nitrogens with two attached hydrogens (primary N) is 1. The number of carbonyl (C=O) groups excluding carboxylic acids is 1.